The van der Waals surface area contributed by atoms with Crippen LogP contribution < -0.4 is 5.32 Å². The molecule has 1 aliphatic rings. The second kappa shape index (κ2) is 7.50. The van der Waals surface area contributed by atoms with E-state index in [1.54, 1.807) is 31.2 Å². The second-order valence-electron chi connectivity index (χ2n) is 7.41. The first-order valence-corrected chi connectivity index (χ1v) is 10.4. The number of fused-ring (bicyclic) bond motifs is 1. The fourth-order valence-corrected chi connectivity index (χ4v) is 4.33. The zero-order chi connectivity index (χ0) is 21.6. The number of hydrogen-bond acceptors (Lipinski definition) is 5. The summed E-state index contributed by atoms with van der Waals surface area (Å²) >= 11 is 1.37. The molecule has 0 saturated heterocycles. The molecule has 1 atom stereocenters. The molecule has 152 valence electrons. The lowest BCUT2D eigenvalue weighted by Crippen LogP contribution is -2.45. The molecule has 0 saturated carbocycles. The molecule has 0 spiro atoms. The van der Waals surface area contributed by atoms with E-state index in [2.05, 4.69) is 23.3 Å². The number of carbonyl (C=O) groups excluding carboxylic acids is 3. The molecule has 0 radical (unpaired) electrons. The van der Waals surface area contributed by atoms with Crippen LogP contribution in [0.1, 0.15) is 43.6 Å². The number of amides is 3. The summed E-state index contributed by atoms with van der Waals surface area (Å²) in [6.45, 7) is 7.60. The van der Waals surface area contributed by atoms with Gasteiger partial charge in [-0.2, -0.15) is 0 Å². The van der Waals surface area contributed by atoms with E-state index in [1.807, 2.05) is 26.0 Å². The van der Waals surface area contributed by atoms with Crippen LogP contribution in [0.2, 0.25) is 0 Å². The Morgan fingerprint density at radius 3 is 2.23 bits per heavy atom. The highest BCUT2D eigenvalue weighted by molar-refractivity contribution is 7.16. The molecule has 1 aromatic heterocycles. The zero-order valence-electron chi connectivity index (χ0n) is 17.1. The molecule has 1 unspecified atom stereocenters. The van der Waals surface area contributed by atoms with Crippen LogP contribution in [0.4, 0.5) is 5.13 Å². The van der Waals surface area contributed by atoms with Crippen LogP contribution in [0.3, 0.4) is 0 Å². The number of aryl methyl sites for hydroxylation is 3. The number of rotatable bonds is 4. The van der Waals surface area contributed by atoms with E-state index in [-0.39, 0.29) is 0 Å². The molecule has 0 bridgehead atoms. The van der Waals surface area contributed by atoms with Crippen LogP contribution in [0, 0.1) is 20.8 Å². The molecule has 3 aromatic rings. The number of anilines is 1. The van der Waals surface area contributed by atoms with Crippen LogP contribution >= 0.6 is 11.3 Å². The minimum atomic E-state index is -0.952. The Kier molecular flexibility index (Phi) is 4.99. The van der Waals surface area contributed by atoms with Gasteiger partial charge in [-0.3, -0.25) is 19.3 Å². The average molecular weight is 420 g/mol. The lowest BCUT2D eigenvalue weighted by Gasteiger charge is -2.21. The first kappa shape index (κ1) is 20.0. The third-order valence-corrected chi connectivity index (χ3v) is 6.29. The lowest BCUT2D eigenvalue weighted by molar-refractivity contribution is -0.119. The Balaban J connectivity index is 1.54. The van der Waals surface area contributed by atoms with Crippen LogP contribution in [0.5, 0.6) is 0 Å². The maximum atomic E-state index is 12.8. The van der Waals surface area contributed by atoms with Crippen molar-refractivity contribution in [3.63, 3.8) is 0 Å². The molecule has 6 nitrogen and oxygen atoms in total. The van der Waals surface area contributed by atoms with Crippen molar-refractivity contribution in [3.05, 3.63) is 69.6 Å². The van der Waals surface area contributed by atoms with E-state index < -0.39 is 23.8 Å². The Labute approximate surface area is 178 Å². The maximum absolute atomic E-state index is 12.8. The summed E-state index contributed by atoms with van der Waals surface area (Å²) in [4.78, 5) is 44.6. The zero-order valence-corrected chi connectivity index (χ0v) is 18.0. The maximum Gasteiger partial charge on any atom is 0.262 e. The number of carbonyl (C=O) groups is 3. The number of hydrogen-bond donors (Lipinski definition) is 1. The molecule has 0 aliphatic carbocycles. The summed E-state index contributed by atoms with van der Waals surface area (Å²) in [6.07, 6.45) is 0. The van der Waals surface area contributed by atoms with Crippen LogP contribution in [0.15, 0.2) is 42.5 Å². The molecule has 0 fully saturated rings. The summed E-state index contributed by atoms with van der Waals surface area (Å²) in [5.41, 5.74) is 4.82. The lowest BCUT2D eigenvalue weighted by atomic mass is 10.0. The summed E-state index contributed by atoms with van der Waals surface area (Å²) < 4.78 is 0. The molecule has 4 rings (SSSR count). The molecular formula is C23H21N3O3S. The quantitative estimate of drug-likeness (QED) is 0.638. The van der Waals surface area contributed by atoms with Crippen LogP contribution in [-0.4, -0.2) is 33.6 Å². The van der Waals surface area contributed by atoms with Gasteiger partial charge < -0.3 is 5.32 Å². The number of benzene rings is 2. The normalized spacial score (nSPS) is 14.1. The molecule has 3 amide bonds. The largest absolute Gasteiger partial charge is 0.300 e. The summed E-state index contributed by atoms with van der Waals surface area (Å²) in [7, 11) is 0. The molecule has 7 heteroatoms. The fourth-order valence-electron chi connectivity index (χ4n) is 3.49. The van der Waals surface area contributed by atoms with Gasteiger partial charge in [-0.05, 0) is 57.0 Å². The molecule has 2 heterocycles. The van der Waals surface area contributed by atoms with E-state index in [9.17, 15) is 14.4 Å². The van der Waals surface area contributed by atoms with Crippen molar-refractivity contribution in [2.75, 3.05) is 5.32 Å². The highest BCUT2D eigenvalue weighted by Gasteiger charge is 2.40. The Morgan fingerprint density at radius 1 is 1.00 bits per heavy atom. The average Bonchev–Trinajstić information content (AvgIpc) is 3.21. The topological polar surface area (TPSA) is 79.4 Å². The van der Waals surface area contributed by atoms with E-state index in [0.717, 1.165) is 21.0 Å². The van der Waals surface area contributed by atoms with Crippen molar-refractivity contribution in [1.82, 2.24) is 9.88 Å². The minimum absolute atomic E-state index is 0.323. The van der Waals surface area contributed by atoms with Gasteiger partial charge in [0, 0.05) is 10.4 Å². The predicted octanol–water partition coefficient (Wildman–Crippen LogP) is 4.36. The van der Waals surface area contributed by atoms with Gasteiger partial charge >= 0.3 is 0 Å². The Hall–Kier alpha value is -3.32. The monoisotopic (exact) mass is 419 g/mol. The van der Waals surface area contributed by atoms with E-state index in [0.29, 0.717) is 16.3 Å². The molecule has 1 aliphatic heterocycles. The number of thiazole rings is 1. The first-order valence-electron chi connectivity index (χ1n) is 9.60. The van der Waals surface area contributed by atoms with E-state index in [4.69, 9.17) is 0 Å². The van der Waals surface area contributed by atoms with Gasteiger partial charge in [0.05, 0.1) is 16.8 Å². The summed E-state index contributed by atoms with van der Waals surface area (Å²) in [5.74, 6) is -1.36. The Morgan fingerprint density at radius 2 is 1.63 bits per heavy atom. The van der Waals surface area contributed by atoms with Gasteiger partial charge in [0.25, 0.3) is 11.8 Å². The second-order valence-corrected chi connectivity index (χ2v) is 8.62. The smallest absolute Gasteiger partial charge is 0.262 e. The van der Waals surface area contributed by atoms with Crippen molar-refractivity contribution in [1.29, 1.82) is 0 Å². The summed E-state index contributed by atoms with van der Waals surface area (Å²) in [6, 6.07) is 11.8. The SMILES string of the molecule is Cc1ccc(-c2nc(NC(=O)C(C)N3C(=O)c4ccccc4C3=O)sc2C)cc1C. The van der Waals surface area contributed by atoms with Gasteiger partial charge in [-0.1, -0.05) is 24.3 Å². The highest BCUT2D eigenvalue weighted by Crippen LogP contribution is 2.32. The van der Waals surface area contributed by atoms with Crippen molar-refractivity contribution < 1.29 is 14.4 Å². The molecular weight excluding hydrogens is 398 g/mol. The van der Waals surface area contributed by atoms with Crippen molar-refractivity contribution in [2.45, 2.75) is 33.7 Å². The van der Waals surface area contributed by atoms with Crippen molar-refractivity contribution in [3.8, 4) is 11.3 Å². The van der Waals surface area contributed by atoms with Gasteiger partial charge in [0.15, 0.2) is 5.13 Å². The third kappa shape index (κ3) is 3.31. The van der Waals surface area contributed by atoms with E-state index in [1.165, 1.54) is 22.5 Å². The van der Waals surface area contributed by atoms with Crippen molar-refractivity contribution in [2.24, 2.45) is 0 Å². The van der Waals surface area contributed by atoms with Gasteiger partial charge in [-0.25, -0.2) is 4.98 Å². The van der Waals surface area contributed by atoms with Gasteiger partial charge in [0.1, 0.15) is 6.04 Å². The minimum Gasteiger partial charge on any atom is -0.300 e. The number of aromatic nitrogens is 1. The molecule has 2 aromatic carbocycles. The Bertz CT molecular complexity index is 1160. The standard InChI is InChI=1S/C23H21N3O3S/c1-12-9-10-16(11-13(12)2)19-15(4)30-23(24-19)25-20(27)14(3)26-21(28)17-7-5-6-8-18(17)22(26)29/h5-11,14H,1-4H3,(H,24,25,27). The van der Waals surface area contributed by atoms with Crippen LogP contribution in [-0.2, 0) is 4.79 Å². The number of imide groups is 1. The fraction of sp³-hybridized carbons (Fsp3) is 0.217. The van der Waals surface area contributed by atoms with E-state index >= 15 is 0 Å². The number of nitrogens with one attached hydrogen (secondary N) is 1. The van der Waals surface area contributed by atoms with Crippen molar-refractivity contribution >= 4 is 34.2 Å². The summed E-state index contributed by atoms with van der Waals surface area (Å²) in [5, 5.41) is 3.20. The first-order chi connectivity index (χ1) is 14.3. The highest BCUT2D eigenvalue weighted by atomic mass is 32.1. The van der Waals surface area contributed by atoms with Gasteiger partial charge in [0.2, 0.25) is 5.91 Å². The molecule has 30 heavy (non-hydrogen) atoms. The van der Waals surface area contributed by atoms with Crippen LogP contribution in [0.25, 0.3) is 11.3 Å². The molecule has 1 N–H and O–H groups in total. The predicted molar refractivity (Wildman–Crippen MR) is 117 cm³/mol. The number of nitrogens with zero attached hydrogens (tertiary/aromatic N) is 2. The third-order valence-electron chi connectivity index (χ3n) is 5.40. The van der Waals surface area contributed by atoms with Gasteiger partial charge in [-0.15, -0.1) is 11.3 Å².